The molecule has 6 heteroatoms. The summed E-state index contributed by atoms with van der Waals surface area (Å²) in [6.45, 7) is 0.591. The second-order valence-corrected chi connectivity index (χ2v) is 5.37. The first-order chi connectivity index (χ1) is 9.74. The van der Waals surface area contributed by atoms with Gasteiger partial charge in [0.15, 0.2) is 0 Å². The predicted molar refractivity (Wildman–Crippen MR) is 78.9 cm³/mol. The molecule has 0 spiro atoms. The Morgan fingerprint density at radius 3 is 3.10 bits per heavy atom. The van der Waals surface area contributed by atoms with Crippen molar-refractivity contribution in [2.45, 2.75) is 6.42 Å². The number of nitrogens with one attached hydrogen (secondary N) is 1. The van der Waals surface area contributed by atoms with E-state index in [2.05, 4.69) is 15.4 Å². The molecule has 20 heavy (non-hydrogen) atoms. The minimum atomic E-state index is -0.0675. The van der Waals surface area contributed by atoms with Gasteiger partial charge in [0.05, 0.1) is 15.7 Å². The van der Waals surface area contributed by atoms with Crippen molar-refractivity contribution in [3.63, 3.8) is 0 Å². The number of aryl methyl sites for hydroxylation is 1. The van der Waals surface area contributed by atoms with Crippen LogP contribution in [0, 0.1) is 0 Å². The van der Waals surface area contributed by atoms with E-state index >= 15 is 0 Å². The Balaban J connectivity index is 1.62. The van der Waals surface area contributed by atoms with Gasteiger partial charge in [0, 0.05) is 37.5 Å². The van der Waals surface area contributed by atoms with Crippen LogP contribution in [-0.2, 0) is 13.5 Å². The largest absolute Gasteiger partial charge is 0.352 e. The Morgan fingerprint density at radius 1 is 1.40 bits per heavy atom. The van der Waals surface area contributed by atoms with Crippen LogP contribution in [0.15, 0.2) is 36.0 Å². The quantitative estimate of drug-likeness (QED) is 0.798. The minimum absolute atomic E-state index is 0.0675. The lowest BCUT2D eigenvalue weighted by atomic mass is 10.2. The summed E-state index contributed by atoms with van der Waals surface area (Å²) in [4.78, 5) is 16.3. The number of fused-ring (bicyclic) bond motifs is 1. The summed E-state index contributed by atoms with van der Waals surface area (Å²) in [5.41, 5.74) is 4.40. The zero-order chi connectivity index (χ0) is 13.9. The highest BCUT2D eigenvalue weighted by Crippen LogP contribution is 2.18. The van der Waals surface area contributed by atoms with E-state index in [-0.39, 0.29) is 5.91 Å². The molecule has 0 atom stereocenters. The van der Waals surface area contributed by atoms with Crippen molar-refractivity contribution in [2.24, 2.45) is 7.05 Å². The fourth-order valence-corrected chi connectivity index (χ4v) is 2.71. The summed E-state index contributed by atoms with van der Waals surface area (Å²) in [6.07, 6.45) is 2.52. The summed E-state index contributed by atoms with van der Waals surface area (Å²) in [5.74, 6) is -0.0675. The van der Waals surface area contributed by atoms with E-state index in [1.165, 1.54) is 0 Å². The molecule has 1 aromatic carbocycles. The summed E-state index contributed by atoms with van der Waals surface area (Å²) >= 11 is 1.57. The normalized spacial score (nSPS) is 10.8. The van der Waals surface area contributed by atoms with Gasteiger partial charge in [0.2, 0.25) is 0 Å². The number of benzene rings is 1. The van der Waals surface area contributed by atoms with E-state index in [1.807, 2.05) is 36.0 Å². The van der Waals surface area contributed by atoms with Crippen molar-refractivity contribution in [3.8, 4) is 0 Å². The Labute approximate surface area is 120 Å². The average Bonchev–Trinajstić information content (AvgIpc) is 3.07. The van der Waals surface area contributed by atoms with Crippen LogP contribution in [0.5, 0.6) is 0 Å². The highest BCUT2D eigenvalue weighted by Gasteiger charge is 2.07. The number of thiazole rings is 1. The van der Waals surface area contributed by atoms with Gasteiger partial charge in [0.1, 0.15) is 0 Å². The Hall–Kier alpha value is -2.21. The minimum Gasteiger partial charge on any atom is -0.352 e. The molecule has 0 saturated carbocycles. The Morgan fingerprint density at radius 2 is 2.30 bits per heavy atom. The summed E-state index contributed by atoms with van der Waals surface area (Å²) in [6, 6.07) is 7.54. The number of carbonyl (C=O) groups is 1. The second kappa shape index (κ2) is 5.42. The summed E-state index contributed by atoms with van der Waals surface area (Å²) < 4.78 is 2.91. The number of aromatic nitrogens is 3. The van der Waals surface area contributed by atoms with Gasteiger partial charge in [0.25, 0.3) is 5.91 Å². The molecule has 0 unspecified atom stereocenters. The number of hydrogen-bond donors (Lipinski definition) is 1. The van der Waals surface area contributed by atoms with E-state index in [9.17, 15) is 4.79 Å². The summed E-state index contributed by atoms with van der Waals surface area (Å²) in [5, 5.41) is 7.01. The predicted octanol–water partition coefficient (Wildman–Crippen LogP) is 2.00. The molecule has 2 aromatic heterocycles. The van der Waals surface area contributed by atoms with Crippen molar-refractivity contribution >= 4 is 27.5 Å². The number of rotatable bonds is 4. The Bertz CT molecular complexity index is 746. The van der Waals surface area contributed by atoms with Crippen molar-refractivity contribution in [1.82, 2.24) is 20.1 Å². The molecule has 1 amide bonds. The van der Waals surface area contributed by atoms with E-state index in [0.717, 1.165) is 22.3 Å². The van der Waals surface area contributed by atoms with Crippen LogP contribution in [0.4, 0.5) is 0 Å². The molecule has 0 aliphatic carbocycles. The van der Waals surface area contributed by atoms with Crippen molar-refractivity contribution in [3.05, 3.63) is 47.2 Å². The van der Waals surface area contributed by atoms with Crippen LogP contribution < -0.4 is 5.32 Å². The first kappa shape index (κ1) is 12.8. The molecule has 102 valence electrons. The lowest BCUT2D eigenvalue weighted by molar-refractivity contribution is 0.0954. The Kier molecular flexibility index (Phi) is 3.47. The van der Waals surface area contributed by atoms with Gasteiger partial charge >= 0.3 is 0 Å². The molecule has 0 aliphatic rings. The van der Waals surface area contributed by atoms with E-state index < -0.39 is 0 Å². The van der Waals surface area contributed by atoms with Crippen LogP contribution in [-0.4, -0.2) is 27.2 Å². The molecule has 0 radical (unpaired) electrons. The van der Waals surface area contributed by atoms with E-state index in [4.69, 9.17) is 0 Å². The second-order valence-electron chi connectivity index (χ2n) is 4.49. The zero-order valence-electron chi connectivity index (χ0n) is 11.0. The summed E-state index contributed by atoms with van der Waals surface area (Å²) in [7, 11) is 1.90. The molecule has 0 saturated heterocycles. The van der Waals surface area contributed by atoms with E-state index in [0.29, 0.717) is 12.1 Å². The number of carbonyl (C=O) groups excluding carboxylic acids is 1. The molecule has 0 aliphatic heterocycles. The molecule has 5 nitrogen and oxygen atoms in total. The van der Waals surface area contributed by atoms with Crippen LogP contribution in [0.3, 0.4) is 0 Å². The molecular formula is C14H14N4OS. The highest BCUT2D eigenvalue weighted by atomic mass is 32.1. The number of amides is 1. The average molecular weight is 286 g/mol. The van der Waals surface area contributed by atoms with Gasteiger partial charge in [-0.05, 0) is 24.3 Å². The fraction of sp³-hybridized carbons (Fsp3) is 0.214. The van der Waals surface area contributed by atoms with Gasteiger partial charge in [-0.1, -0.05) is 0 Å². The molecule has 3 aromatic rings. The number of hydrogen-bond acceptors (Lipinski definition) is 4. The van der Waals surface area contributed by atoms with Crippen LogP contribution in [0.25, 0.3) is 10.2 Å². The standard InChI is InChI=1S/C14H14N4OS/c1-18-11(5-7-17-18)4-6-15-14(19)10-2-3-13-12(8-10)16-9-20-13/h2-3,5,7-9H,4,6H2,1H3,(H,15,19). The third kappa shape index (κ3) is 2.55. The first-order valence-corrected chi connectivity index (χ1v) is 7.20. The maximum Gasteiger partial charge on any atom is 0.251 e. The smallest absolute Gasteiger partial charge is 0.251 e. The third-order valence-corrected chi connectivity index (χ3v) is 3.99. The van der Waals surface area contributed by atoms with Crippen molar-refractivity contribution < 1.29 is 4.79 Å². The van der Waals surface area contributed by atoms with Crippen LogP contribution >= 0.6 is 11.3 Å². The molecule has 2 heterocycles. The van der Waals surface area contributed by atoms with Gasteiger partial charge in [-0.2, -0.15) is 5.10 Å². The van der Waals surface area contributed by atoms with Crippen molar-refractivity contribution in [2.75, 3.05) is 6.54 Å². The zero-order valence-corrected chi connectivity index (χ0v) is 11.9. The molecule has 3 rings (SSSR count). The topological polar surface area (TPSA) is 59.8 Å². The van der Waals surface area contributed by atoms with Gasteiger partial charge < -0.3 is 5.32 Å². The van der Waals surface area contributed by atoms with Crippen LogP contribution in [0.1, 0.15) is 16.1 Å². The van der Waals surface area contributed by atoms with Gasteiger partial charge in [-0.25, -0.2) is 4.98 Å². The lowest BCUT2D eigenvalue weighted by Crippen LogP contribution is -2.26. The van der Waals surface area contributed by atoms with Gasteiger partial charge in [-0.3, -0.25) is 9.48 Å². The lowest BCUT2D eigenvalue weighted by Gasteiger charge is -2.05. The number of nitrogens with zero attached hydrogens (tertiary/aromatic N) is 3. The maximum absolute atomic E-state index is 12.1. The van der Waals surface area contributed by atoms with Crippen LogP contribution in [0.2, 0.25) is 0 Å². The molecule has 0 fully saturated rings. The third-order valence-electron chi connectivity index (χ3n) is 3.18. The molecule has 0 bridgehead atoms. The molecular weight excluding hydrogens is 272 g/mol. The monoisotopic (exact) mass is 286 g/mol. The first-order valence-electron chi connectivity index (χ1n) is 6.32. The fourth-order valence-electron chi connectivity index (χ4n) is 2.05. The van der Waals surface area contributed by atoms with Crippen molar-refractivity contribution in [1.29, 1.82) is 0 Å². The van der Waals surface area contributed by atoms with E-state index in [1.54, 1.807) is 23.0 Å². The SMILES string of the molecule is Cn1nccc1CCNC(=O)c1ccc2scnc2c1. The van der Waals surface area contributed by atoms with Gasteiger partial charge in [-0.15, -0.1) is 11.3 Å². The maximum atomic E-state index is 12.1. The highest BCUT2D eigenvalue weighted by molar-refractivity contribution is 7.16. The molecule has 1 N–H and O–H groups in total.